The van der Waals surface area contributed by atoms with Gasteiger partial charge in [0.15, 0.2) is 24.2 Å². The summed E-state index contributed by atoms with van der Waals surface area (Å²) in [6, 6.07) is 0. The number of aliphatic carboxylic acids is 1. The third-order valence-electron chi connectivity index (χ3n) is 10.6. The fraction of sp³-hybridized carbons (Fsp3) is 0.966. The highest BCUT2D eigenvalue weighted by atomic mass is 16.8. The number of hydrogen-bond acceptors (Lipinski definition) is 20. The van der Waals surface area contributed by atoms with E-state index in [2.05, 4.69) is 0 Å². The maximum absolute atomic E-state index is 12.3. The van der Waals surface area contributed by atoms with Crippen LogP contribution in [0.4, 0.5) is 0 Å². The summed E-state index contributed by atoms with van der Waals surface area (Å²) in [4.78, 5) is 12.3. The van der Waals surface area contributed by atoms with Crippen LogP contribution in [0.1, 0.15) is 25.7 Å². The maximum atomic E-state index is 12.3. The molecule has 290 valence electrons. The van der Waals surface area contributed by atoms with Gasteiger partial charge in [-0.1, -0.05) is 0 Å². The molecule has 3 heterocycles. The van der Waals surface area contributed by atoms with Crippen LogP contribution < -0.4 is 5.73 Å². The highest BCUT2D eigenvalue weighted by Crippen LogP contribution is 2.59. The molecule has 0 spiro atoms. The van der Waals surface area contributed by atoms with Gasteiger partial charge < -0.3 is 101 Å². The zero-order valence-electron chi connectivity index (χ0n) is 26.9. The minimum absolute atomic E-state index is 0.121. The van der Waals surface area contributed by atoms with Gasteiger partial charge in [-0.05, 0) is 25.8 Å². The van der Waals surface area contributed by atoms with Crippen molar-refractivity contribution in [2.45, 2.75) is 117 Å². The van der Waals surface area contributed by atoms with Crippen LogP contribution in [-0.4, -0.2) is 196 Å². The fourth-order valence-corrected chi connectivity index (χ4v) is 8.05. The summed E-state index contributed by atoms with van der Waals surface area (Å²) >= 11 is 0. The first-order chi connectivity index (χ1) is 23.6. The molecule has 0 bridgehead atoms. The standard InChI is InChI=1S/C29H49NO20/c30-4-2-1-3-5-45-27(26(41)42)6-10(34)21(22(48-27)13(37)9-33)46-25-17-23(20(40)15(12(36)8-32)29(17,44)50-25)47-24-16-19(39)18(38)14(11(35)7-31)28(16,43)49-24/h10-25,31-40,43-44H,1-9,30H2,(H,41,42). The number of carboxylic acid groups (broad SMARTS) is 1. The third-order valence-corrected chi connectivity index (χ3v) is 10.6. The molecule has 3 saturated heterocycles. The van der Waals surface area contributed by atoms with E-state index in [-0.39, 0.29) is 6.61 Å². The summed E-state index contributed by atoms with van der Waals surface area (Å²) in [5.74, 6) is -15.2. The van der Waals surface area contributed by atoms with Gasteiger partial charge >= 0.3 is 5.97 Å². The Morgan fingerprint density at radius 3 is 1.84 bits per heavy atom. The number of hydrogen-bond donors (Lipinski definition) is 14. The van der Waals surface area contributed by atoms with Gasteiger partial charge in [0.25, 0.3) is 5.79 Å². The van der Waals surface area contributed by atoms with Gasteiger partial charge in [-0.25, -0.2) is 4.79 Å². The van der Waals surface area contributed by atoms with Gasteiger partial charge in [0.1, 0.15) is 18.3 Å². The number of nitrogens with two attached hydrogens (primary N) is 1. The molecule has 5 rings (SSSR count). The zero-order valence-corrected chi connectivity index (χ0v) is 26.9. The molecule has 19 unspecified atom stereocenters. The Kier molecular flexibility index (Phi) is 12.1. The quantitative estimate of drug-likeness (QED) is 0.0618. The molecular weight excluding hydrogens is 682 g/mol. The molecule has 2 aliphatic carbocycles. The molecule has 21 heteroatoms. The van der Waals surface area contributed by atoms with Crippen LogP contribution in [0.25, 0.3) is 0 Å². The summed E-state index contributed by atoms with van der Waals surface area (Å²) in [5, 5.41) is 136. The molecule has 15 N–H and O–H groups in total. The van der Waals surface area contributed by atoms with E-state index in [1.54, 1.807) is 0 Å². The normalized spacial score (nSPS) is 48.6. The molecule has 19 atom stereocenters. The lowest BCUT2D eigenvalue weighted by atomic mass is 9.85. The van der Waals surface area contributed by atoms with E-state index in [0.717, 1.165) is 0 Å². The summed E-state index contributed by atoms with van der Waals surface area (Å²) in [6.45, 7) is -2.56. The van der Waals surface area contributed by atoms with E-state index in [1.807, 2.05) is 0 Å². The van der Waals surface area contributed by atoms with E-state index < -0.39 is 147 Å². The van der Waals surface area contributed by atoms with Crippen LogP contribution in [0.3, 0.4) is 0 Å². The van der Waals surface area contributed by atoms with Crippen molar-refractivity contribution in [3.63, 3.8) is 0 Å². The van der Waals surface area contributed by atoms with Crippen LogP contribution in [0.15, 0.2) is 0 Å². The molecule has 0 aromatic heterocycles. The summed E-state index contributed by atoms with van der Waals surface area (Å²) in [6.07, 6.45) is -20.0. The second kappa shape index (κ2) is 15.2. The zero-order chi connectivity index (χ0) is 36.9. The van der Waals surface area contributed by atoms with Crippen molar-refractivity contribution in [1.82, 2.24) is 0 Å². The first kappa shape index (κ1) is 39.9. The number of carboxylic acids is 1. The smallest absolute Gasteiger partial charge is 0.364 e. The molecule has 5 fully saturated rings. The first-order valence-electron chi connectivity index (χ1n) is 16.5. The summed E-state index contributed by atoms with van der Waals surface area (Å²) in [7, 11) is 0. The molecule has 2 saturated carbocycles. The first-order valence-corrected chi connectivity index (χ1v) is 16.5. The van der Waals surface area contributed by atoms with Crippen molar-refractivity contribution in [1.29, 1.82) is 0 Å². The molecule has 0 amide bonds. The number of aliphatic hydroxyl groups is 12. The van der Waals surface area contributed by atoms with Crippen LogP contribution in [0.2, 0.25) is 0 Å². The molecule has 0 aromatic rings. The molecule has 0 radical (unpaired) electrons. The Balaban J connectivity index is 1.37. The van der Waals surface area contributed by atoms with Crippen molar-refractivity contribution in [3.8, 4) is 0 Å². The Labute approximate surface area is 284 Å². The SMILES string of the molecule is NCCCCCOC1(C(=O)O)CC(O)C(OC2OC3(O)C(C(O)CO)C(O)C(OC4OC5(O)C(C(O)CO)C(O)C(O)C45)C23)C(C(O)CO)O1. The Hall–Kier alpha value is -1.29. The van der Waals surface area contributed by atoms with Gasteiger partial charge in [0, 0.05) is 6.42 Å². The van der Waals surface area contributed by atoms with Crippen LogP contribution in [-0.2, 0) is 33.2 Å². The van der Waals surface area contributed by atoms with Gasteiger partial charge in [0.05, 0.1) is 92.8 Å². The number of unbranched alkanes of at least 4 members (excludes halogenated alkanes) is 2. The Bertz CT molecular complexity index is 1170. The molecule has 5 aliphatic rings. The van der Waals surface area contributed by atoms with Crippen molar-refractivity contribution in [3.05, 3.63) is 0 Å². The van der Waals surface area contributed by atoms with E-state index in [9.17, 15) is 71.2 Å². The van der Waals surface area contributed by atoms with E-state index in [0.29, 0.717) is 25.8 Å². The number of fused-ring (bicyclic) bond motifs is 2. The average molecular weight is 732 g/mol. The Morgan fingerprint density at radius 2 is 1.28 bits per heavy atom. The second-order valence-corrected chi connectivity index (χ2v) is 13.6. The second-order valence-electron chi connectivity index (χ2n) is 13.6. The average Bonchev–Trinajstić information content (AvgIpc) is 3.32. The lowest BCUT2D eigenvalue weighted by Gasteiger charge is -2.55. The highest BCUT2D eigenvalue weighted by Gasteiger charge is 2.77. The van der Waals surface area contributed by atoms with E-state index in [1.165, 1.54) is 0 Å². The van der Waals surface area contributed by atoms with Gasteiger partial charge in [-0.15, -0.1) is 0 Å². The van der Waals surface area contributed by atoms with Gasteiger partial charge in [-0.3, -0.25) is 0 Å². The lowest BCUT2D eigenvalue weighted by molar-refractivity contribution is -0.478. The van der Waals surface area contributed by atoms with Crippen LogP contribution >= 0.6 is 0 Å². The van der Waals surface area contributed by atoms with Crippen molar-refractivity contribution in [2.75, 3.05) is 33.0 Å². The minimum atomic E-state index is -2.48. The van der Waals surface area contributed by atoms with Crippen molar-refractivity contribution >= 4 is 5.97 Å². The molecule has 21 nitrogen and oxygen atoms in total. The van der Waals surface area contributed by atoms with Crippen molar-refractivity contribution in [2.24, 2.45) is 29.4 Å². The van der Waals surface area contributed by atoms with Gasteiger partial charge in [-0.2, -0.15) is 0 Å². The van der Waals surface area contributed by atoms with E-state index in [4.69, 9.17) is 34.2 Å². The maximum Gasteiger partial charge on any atom is 0.364 e. The molecule has 50 heavy (non-hydrogen) atoms. The molecule has 3 aliphatic heterocycles. The van der Waals surface area contributed by atoms with E-state index >= 15 is 0 Å². The summed E-state index contributed by atoms with van der Waals surface area (Å²) in [5.41, 5.74) is 5.48. The Morgan fingerprint density at radius 1 is 0.740 bits per heavy atom. The predicted octanol–water partition coefficient (Wildman–Crippen LogP) is -7.44. The molecule has 0 aromatic carbocycles. The minimum Gasteiger partial charge on any atom is -0.477 e. The lowest BCUT2D eigenvalue weighted by Crippen LogP contribution is -2.70. The number of ether oxygens (including phenoxy) is 6. The largest absolute Gasteiger partial charge is 0.477 e. The van der Waals surface area contributed by atoms with Crippen LogP contribution in [0, 0.1) is 23.7 Å². The monoisotopic (exact) mass is 731 g/mol. The fourth-order valence-electron chi connectivity index (χ4n) is 8.05. The van der Waals surface area contributed by atoms with Gasteiger partial charge in [0.2, 0.25) is 0 Å². The highest BCUT2D eigenvalue weighted by molar-refractivity contribution is 5.76. The summed E-state index contributed by atoms with van der Waals surface area (Å²) < 4.78 is 34.0. The van der Waals surface area contributed by atoms with Crippen molar-refractivity contribution < 1.29 is 99.6 Å². The third kappa shape index (κ3) is 6.48. The topological polar surface area (TPSA) is 361 Å². The predicted molar refractivity (Wildman–Crippen MR) is 155 cm³/mol. The number of rotatable bonds is 17. The van der Waals surface area contributed by atoms with Crippen LogP contribution in [0.5, 0.6) is 0 Å². The molecular formula is C29H49NO20. The number of aliphatic hydroxyl groups excluding tert-OH is 10. The number of carbonyl (C=O) groups is 1.